The van der Waals surface area contributed by atoms with Crippen molar-refractivity contribution in [3.05, 3.63) is 35.1 Å². The highest BCUT2D eigenvalue weighted by molar-refractivity contribution is 5.25. The minimum atomic E-state index is -0.115. The molecule has 1 aliphatic heterocycles. The number of rotatable bonds is 5. The van der Waals surface area contributed by atoms with Crippen molar-refractivity contribution in [2.75, 3.05) is 20.2 Å². The molecule has 0 spiro atoms. The van der Waals surface area contributed by atoms with Crippen LogP contribution in [0.4, 0.5) is 4.39 Å². The van der Waals surface area contributed by atoms with Crippen molar-refractivity contribution in [2.24, 2.45) is 0 Å². The maximum Gasteiger partial charge on any atom is 0.127 e. The summed E-state index contributed by atoms with van der Waals surface area (Å²) in [6.07, 6.45) is 1.32. The van der Waals surface area contributed by atoms with Gasteiger partial charge in [-0.15, -0.1) is 0 Å². The first-order valence-corrected chi connectivity index (χ1v) is 7.65. The Kier molecular flexibility index (Phi) is 5.36. The fraction of sp³-hybridized carbons (Fsp3) is 0.647. The summed E-state index contributed by atoms with van der Waals surface area (Å²) in [6, 6.07) is 5.42. The number of halogens is 1. The summed E-state index contributed by atoms with van der Waals surface area (Å²) >= 11 is 0. The van der Waals surface area contributed by atoms with Gasteiger partial charge in [0, 0.05) is 44.4 Å². The molecule has 1 fully saturated rings. The summed E-state index contributed by atoms with van der Waals surface area (Å²) in [5, 5.41) is 3.44. The van der Waals surface area contributed by atoms with Crippen molar-refractivity contribution in [2.45, 2.75) is 51.9 Å². The Morgan fingerprint density at radius 2 is 2.14 bits per heavy atom. The maximum atomic E-state index is 14.0. The average molecular weight is 294 g/mol. The fourth-order valence-corrected chi connectivity index (χ4v) is 2.60. The van der Waals surface area contributed by atoms with Crippen LogP contribution in [0.1, 0.15) is 38.3 Å². The van der Waals surface area contributed by atoms with E-state index in [0.29, 0.717) is 12.6 Å². The molecule has 1 saturated heterocycles. The van der Waals surface area contributed by atoms with Gasteiger partial charge in [-0.1, -0.05) is 12.1 Å². The summed E-state index contributed by atoms with van der Waals surface area (Å²) in [7, 11) is 1.74. The van der Waals surface area contributed by atoms with E-state index >= 15 is 0 Å². The van der Waals surface area contributed by atoms with Crippen molar-refractivity contribution < 1.29 is 9.13 Å². The third-order valence-corrected chi connectivity index (χ3v) is 3.89. The second-order valence-electron chi connectivity index (χ2n) is 6.91. The zero-order valence-corrected chi connectivity index (χ0v) is 13.6. The number of benzene rings is 1. The lowest BCUT2D eigenvalue weighted by Crippen LogP contribution is -2.35. The number of hydrogen-bond acceptors (Lipinski definition) is 3. The molecule has 1 aromatic carbocycles. The Morgan fingerprint density at radius 1 is 1.38 bits per heavy atom. The Bertz CT molecular complexity index is 470. The van der Waals surface area contributed by atoms with Crippen molar-refractivity contribution in [3.63, 3.8) is 0 Å². The number of ether oxygens (including phenoxy) is 1. The minimum Gasteiger partial charge on any atom is -0.380 e. The first-order valence-electron chi connectivity index (χ1n) is 7.65. The van der Waals surface area contributed by atoms with E-state index in [2.05, 4.69) is 31.0 Å². The smallest absolute Gasteiger partial charge is 0.127 e. The molecule has 2 rings (SSSR count). The molecule has 3 nitrogen and oxygen atoms in total. The van der Waals surface area contributed by atoms with Crippen LogP contribution in [-0.2, 0) is 17.8 Å². The second-order valence-corrected chi connectivity index (χ2v) is 6.91. The molecule has 1 aliphatic rings. The first kappa shape index (κ1) is 16.4. The van der Waals surface area contributed by atoms with E-state index < -0.39 is 0 Å². The molecule has 21 heavy (non-hydrogen) atoms. The van der Waals surface area contributed by atoms with Gasteiger partial charge in [0.25, 0.3) is 0 Å². The van der Waals surface area contributed by atoms with Crippen LogP contribution in [0.5, 0.6) is 0 Å². The lowest BCUT2D eigenvalue weighted by atomic mass is 10.1. The SMILES string of the molecule is COC1CCN(Cc2cc(CNC(C)(C)C)ccc2F)C1. The number of methoxy groups -OCH3 is 1. The van der Waals surface area contributed by atoms with Gasteiger partial charge >= 0.3 is 0 Å². The number of hydrogen-bond donors (Lipinski definition) is 1. The zero-order chi connectivity index (χ0) is 15.5. The highest BCUT2D eigenvalue weighted by Gasteiger charge is 2.22. The highest BCUT2D eigenvalue weighted by Crippen LogP contribution is 2.18. The van der Waals surface area contributed by atoms with Crippen molar-refractivity contribution >= 4 is 0 Å². The van der Waals surface area contributed by atoms with Crippen molar-refractivity contribution in [3.8, 4) is 0 Å². The van der Waals surface area contributed by atoms with E-state index in [9.17, 15) is 4.39 Å². The maximum absolute atomic E-state index is 14.0. The monoisotopic (exact) mass is 294 g/mol. The van der Waals surface area contributed by atoms with E-state index in [4.69, 9.17) is 4.74 Å². The van der Waals surface area contributed by atoms with E-state index in [1.54, 1.807) is 13.2 Å². The Hall–Kier alpha value is -0.970. The molecule has 1 N–H and O–H groups in total. The van der Waals surface area contributed by atoms with Crippen LogP contribution >= 0.6 is 0 Å². The molecule has 118 valence electrons. The average Bonchev–Trinajstić information content (AvgIpc) is 2.86. The van der Waals surface area contributed by atoms with Crippen LogP contribution < -0.4 is 5.32 Å². The second kappa shape index (κ2) is 6.86. The molecular weight excluding hydrogens is 267 g/mol. The summed E-state index contributed by atoms with van der Waals surface area (Å²) in [5.41, 5.74) is 1.97. The molecule has 0 radical (unpaired) electrons. The zero-order valence-electron chi connectivity index (χ0n) is 13.6. The molecule has 0 aliphatic carbocycles. The topological polar surface area (TPSA) is 24.5 Å². The van der Waals surface area contributed by atoms with Gasteiger partial charge in [0.05, 0.1) is 6.10 Å². The molecule has 0 aromatic heterocycles. The van der Waals surface area contributed by atoms with Gasteiger partial charge in [-0.3, -0.25) is 4.90 Å². The van der Waals surface area contributed by atoms with Gasteiger partial charge < -0.3 is 10.1 Å². The van der Waals surface area contributed by atoms with Gasteiger partial charge in [0.1, 0.15) is 5.82 Å². The third-order valence-electron chi connectivity index (χ3n) is 3.89. The van der Waals surface area contributed by atoms with E-state index in [1.165, 1.54) is 0 Å². The van der Waals surface area contributed by atoms with E-state index in [0.717, 1.165) is 37.2 Å². The lowest BCUT2D eigenvalue weighted by molar-refractivity contribution is 0.107. The van der Waals surface area contributed by atoms with Gasteiger partial charge in [-0.25, -0.2) is 4.39 Å². The van der Waals surface area contributed by atoms with Crippen molar-refractivity contribution in [1.82, 2.24) is 10.2 Å². The normalized spacial score (nSPS) is 20.1. The number of nitrogens with one attached hydrogen (secondary N) is 1. The molecule has 0 amide bonds. The van der Waals surface area contributed by atoms with Crippen LogP contribution in [0.2, 0.25) is 0 Å². The third kappa shape index (κ3) is 5.06. The first-order chi connectivity index (χ1) is 9.87. The van der Waals surface area contributed by atoms with Crippen LogP contribution in [0.25, 0.3) is 0 Å². The van der Waals surface area contributed by atoms with E-state index in [-0.39, 0.29) is 11.4 Å². The Labute approximate surface area is 127 Å². The van der Waals surface area contributed by atoms with Crippen LogP contribution in [0, 0.1) is 5.82 Å². The predicted molar refractivity (Wildman–Crippen MR) is 83.7 cm³/mol. The Balaban J connectivity index is 1.99. The number of nitrogens with zero attached hydrogens (tertiary/aromatic N) is 1. The summed E-state index contributed by atoms with van der Waals surface area (Å²) < 4.78 is 19.4. The van der Waals surface area contributed by atoms with Crippen LogP contribution in [0.15, 0.2) is 18.2 Å². The minimum absolute atomic E-state index is 0.0647. The number of likely N-dealkylation sites (tertiary alicyclic amines) is 1. The van der Waals surface area contributed by atoms with Gasteiger partial charge in [0.15, 0.2) is 0 Å². The summed E-state index contributed by atoms with van der Waals surface area (Å²) in [5.74, 6) is -0.115. The fourth-order valence-electron chi connectivity index (χ4n) is 2.60. The predicted octanol–water partition coefficient (Wildman–Crippen LogP) is 2.93. The Morgan fingerprint density at radius 3 is 2.76 bits per heavy atom. The van der Waals surface area contributed by atoms with Gasteiger partial charge in [-0.05, 0) is 38.8 Å². The van der Waals surface area contributed by atoms with Gasteiger partial charge in [-0.2, -0.15) is 0 Å². The molecule has 0 bridgehead atoms. The molecule has 0 saturated carbocycles. The van der Waals surface area contributed by atoms with E-state index in [1.807, 2.05) is 12.1 Å². The summed E-state index contributed by atoms with van der Waals surface area (Å²) in [6.45, 7) is 9.68. The molecule has 1 atom stereocenters. The van der Waals surface area contributed by atoms with Crippen molar-refractivity contribution in [1.29, 1.82) is 0 Å². The van der Waals surface area contributed by atoms with Gasteiger partial charge in [0.2, 0.25) is 0 Å². The molecule has 1 unspecified atom stereocenters. The van der Waals surface area contributed by atoms with Crippen LogP contribution in [0.3, 0.4) is 0 Å². The highest BCUT2D eigenvalue weighted by atomic mass is 19.1. The lowest BCUT2D eigenvalue weighted by Gasteiger charge is -2.21. The van der Waals surface area contributed by atoms with Crippen LogP contribution in [-0.4, -0.2) is 36.7 Å². The quantitative estimate of drug-likeness (QED) is 0.903. The summed E-state index contributed by atoms with van der Waals surface area (Å²) in [4.78, 5) is 2.26. The standard InChI is InChI=1S/C17H27FN2O/c1-17(2,3)19-10-13-5-6-16(18)14(9-13)11-20-8-7-15(12-20)21-4/h5-6,9,15,19H,7-8,10-12H2,1-4H3. The molecule has 1 aromatic rings. The molecule has 4 heteroatoms. The largest absolute Gasteiger partial charge is 0.380 e. The molecular formula is C17H27FN2O. The molecule has 1 heterocycles.